The minimum absolute atomic E-state index is 0.134. The van der Waals surface area contributed by atoms with Gasteiger partial charge < -0.3 is 14.8 Å². The number of amides is 1. The highest BCUT2D eigenvalue weighted by atomic mass is 19.1. The smallest absolute Gasteiger partial charge is 0.257 e. The molecular weight excluding hydrogens is 297 g/mol. The Bertz CT molecular complexity index is 673. The lowest BCUT2D eigenvalue weighted by molar-refractivity contribution is -0.123. The van der Waals surface area contributed by atoms with Crippen molar-refractivity contribution in [2.75, 3.05) is 20.3 Å². The van der Waals surface area contributed by atoms with Crippen LogP contribution in [-0.2, 0) is 11.2 Å². The number of nitrogens with one attached hydrogen (secondary N) is 1. The molecule has 2 aromatic rings. The van der Waals surface area contributed by atoms with Crippen molar-refractivity contribution in [3.63, 3.8) is 0 Å². The highest BCUT2D eigenvalue weighted by Crippen LogP contribution is 2.18. The van der Waals surface area contributed by atoms with E-state index < -0.39 is 5.82 Å². The fraction of sp³-hybridized carbons (Fsp3) is 0.278. The molecule has 0 aliphatic carbocycles. The van der Waals surface area contributed by atoms with Gasteiger partial charge in [0.2, 0.25) is 0 Å². The molecule has 0 atom stereocenters. The second kappa shape index (κ2) is 8.17. The molecule has 0 aliphatic heterocycles. The minimum Gasteiger partial charge on any atom is -0.496 e. The molecule has 2 aromatic carbocycles. The molecule has 0 saturated heterocycles. The van der Waals surface area contributed by atoms with Crippen LogP contribution in [-0.4, -0.2) is 26.2 Å². The molecule has 0 aromatic heterocycles. The zero-order chi connectivity index (χ0) is 16.7. The maximum absolute atomic E-state index is 13.0. The van der Waals surface area contributed by atoms with Gasteiger partial charge in [-0.25, -0.2) is 4.39 Å². The first kappa shape index (κ1) is 16.8. The second-order valence-corrected chi connectivity index (χ2v) is 5.15. The normalized spacial score (nSPS) is 10.2. The number of carbonyl (C=O) groups is 1. The Morgan fingerprint density at radius 1 is 1.22 bits per heavy atom. The molecule has 0 unspecified atom stereocenters. The second-order valence-electron chi connectivity index (χ2n) is 5.15. The van der Waals surface area contributed by atoms with E-state index in [4.69, 9.17) is 9.47 Å². The summed E-state index contributed by atoms with van der Waals surface area (Å²) in [6, 6.07) is 11.6. The molecule has 0 fully saturated rings. The van der Waals surface area contributed by atoms with Crippen molar-refractivity contribution in [2.45, 2.75) is 13.3 Å². The van der Waals surface area contributed by atoms with E-state index in [-0.39, 0.29) is 12.5 Å². The van der Waals surface area contributed by atoms with Gasteiger partial charge in [0.1, 0.15) is 17.3 Å². The number of carbonyl (C=O) groups excluding carboxylic acids is 1. The quantitative estimate of drug-likeness (QED) is 0.854. The predicted molar refractivity (Wildman–Crippen MR) is 86.3 cm³/mol. The fourth-order valence-electron chi connectivity index (χ4n) is 2.20. The SMILES string of the molecule is COc1ccc(CCNC(=O)COc2cccc(F)c2)cc1C. The van der Waals surface area contributed by atoms with Crippen molar-refractivity contribution in [3.8, 4) is 11.5 Å². The van der Waals surface area contributed by atoms with Crippen molar-refractivity contribution >= 4 is 5.91 Å². The monoisotopic (exact) mass is 317 g/mol. The summed E-state index contributed by atoms with van der Waals surface area (Å²) < 4.78 is 23.4. The van der Waals surface area contributed by atoms with Crippen LogP contribution < -0.4 is 14.8 Å². The zero-order valence-electron chi connectivity index (χ0n) is 13.3. The molecule has 5 heteroatoms. The van der Waals surface area contributed by atoms with Crippen LogP contribution in [0.2, 0.25) is 0 Å². The molecule has 0 aliphatic rings. The van der Waals surface area contributed by atoms with Gasteiger partial charge in [0, 0.05) is 12.6 Å². The summed E-state index contributed by atoms with van der Waals surface area (Å²) in [5, 5.41) is 2.78. The van der Waals surface area contributed by atoms with E-state index in [9.17, 15) is 9.18 Å². The first-order chi connectivity index (χ1) is 11.1. The lowest BCUT2D eigenvalue weighted by atomic mass is 10.1. The first-order valence-corrected chi connectivity index (χ1v) is 7.37. The third kappa shape index (κ3) is 5.29. The summed E-state index contributed by atoms with van der Waals surface area (Å²) in [4.78, 5) is 11.7. The van der Waals surface area contributed by atoms with E-state index >= 15 is 0 Å². The number of hydrogen-bond acceptors (Lipinski definition) is 3. The van der Waals surface area contributed by atoms with Gasteiger partial charge >= 0.3 is 0 Å². The molecule has 0 bridgehead atoms. The van der Waals surface area contributed by atoms with E-state index in [0.717, 1.165) is 23.3 Å². The average Bonchev–Trinajstić information content (AvgIpc) is 2.53. The number of benzene rings is 2. The summed E-state index contributed by atoms with van der Waals surface area (Å²) in [6.45, 7) is 2.36. The highest BCUT2D eigenvalue weighted by Gasteiger charge is 2.04. The van der Waals surface area contributed by atoms with Crippen LogP contribution in [0, 0.1) is 12.7 Å². The summed E-state index contributed by atoms with van der Waals surface area (Å²) >= 11 is 0. The average molecular weight is 317 g/mol. The highest BCUT2D eigenvalue weighted by molar-refractivity contribution is 5.77. The molecule has 0 heterocycles. The minimum atomic E-state index is -0.391. The Morgan fingerprint density at radius 2 is 2.04 bits per heavy atom. The Labute approximate surface area is 135 Å². The van der Waals surface area contributed by atoms with Gasteiger partial charge in [-0.15, -0.1) is 0 Å². The Hall–Kier alpha value is -2.56. The molecule has 1 amide bonds. The van der Waals surface area contributed by atoms with Gasteiger partial charge in [-0.05, 0) is 42.7 Å². The van der Waals surface area contributed by atoms with Gasteiger partial charge in [0.25, 0.3) is 5.91 Å². The lowest BCUT2D eigenvalue weighted by Crippen LogP contribution is -2.30. The van der Waals surface area contributed by atoms with E-state index in [1.165, 1.54) is 18.2 Å². The molecular formula is C18H20FNO3. The van der Waals surface area contributed by atoms with Crippen LogP contribution in [0.5, 0.6) is 11.5 Å². The maximum Gasteiger partial charge on any atom is 0.257 e. The summed E-state index contributed by atoms with van der Waals surface area (Å²) in [6.07, 6.45) is 0.719. The van der Waals surface area contributed by atoms with E-state index in [1.54, 1.807) is 13.2 Å². The van der Waals surface area contributed by atoms with Gasteiger partial charge in [0.15, 0.2) is 6.61 Å². The van der Waals surface area contributed by atoms with Crippen LogP contribution in [0.1, 0.15) is 11.1 Å². The van der Waals surface area contributed by atoms with Crippen LogP contribution in [0.25, 0.3) is 0 Å². The van der Waals surface area contributed by atoms with Crippen LogP contribution >= 0.6 is 0 Å². The van der Waals surface area contributed by atoms with Crippen molar-refractivity contribution in [1.29, 1.82) is 0 Å². The molecule has 0 saturated carbocycles. The lowest BCUT2D eigenvalue weighted by Gasteiger charge is -2.09. The first-order valence-electron chi connectivity index (χ1n) is 7.37. The van der Waals surface area contributed by atoms with Crippen molar-refractivity contribution < 1.29 is 18.7 Å². The molecule has 1 N–H and O–H groups in total. The predicted octanol–water partition coefficient (Wildman–Crippen LogP) is 2.88. The molecule has 122 valence electrons. The Morgan fingerprint density at radius 3 is 2.74 bits per heavy atom. The third-order valence-electron chi connectivity index (χ3n) is 3.36. The Balaban J connectivity index is 1.73. The number of aryl methyl sites for hydroxylation is 1. The van der Waals surface area contributed by atoms with Crippen molar-refractivity contribution in [3.05, 3.63) is 59.4 Å². The summed E-state index contributed by atoms with van der Waals surface area (Å²) in [7, 11) is 1.64. The number of rotatable bonds is 7. The van der Waals surface area contributed by atoms with Crippen LogP contribution in [0.4, 0.5) is 4.39 Å². The van der Waals surface area contributed by atoms with Gasteiger partial charge in [-0.1, -0.05) is 18.2 Å². The molecule has 0 radical (unpaired) electrons. The summed E-state index contributed by atoms with van der Waals surface area (Å²) in [5.41, 5.74) is 2.18. The standard InChI is InChI=1S/C18H20FNO3/c1-13-10-14(6-7-17(13)22-2)8-9-20-18(21)12-23-16-5-3-4-15(19)11-16/h3-7,10-11H,8-9,12H2,1-2H3,(H,20,21). The Kier molecular flexibility index (Phi) is 5.97. The van der Waals surface area contributed by atoms with E-state index in [2.05, 4.69) is 5.32 Å². The number of hydrogen-bond donors (Lipinski definition) is 1. The van der Waals surface area contributed by atoms with Crippen LogP contribution in [0.15, 0.2) is 42.5 Å². The third-order valence-corrected chi connectivity index (χ3v) is 3.36. The fourth-order valence-corrected chi connectivity index (χ4v) is 2.20. The number of methoxy groups -OCH3 is 1. The maximum atomic E-state index is 13.0. The topological polar surface area (TPSA) is 47.6 Å². The van der Waals surface area contributed by atoms with E-state index in [1.807, 2.05) is 25.1 Å². The largest absolute Gasteiger partial charge is 0.496 e. The number of halogens is 1. The van der Waals surface area contributed by atoms with Crippen LogP contribution in [0.3, 0.4) is 0 Å². The molecule has 23 heavy (non-hydrogen) atoms. The van der Waals surface area contributed by atoms with Gasteiger partial charge in [0.05, 0.1) is 7.11 Å². The molecule has 4 nitrogen and oxygen atoms in total. The number of ether oxygens (including phenoxy) is 2. The summed E-state index contributed by atoms with van der Waals surface area (Å²) in [5.74, 6) is 0.560. The van der Waals surface area contributed by atoms with Gasteiger partial charge in [-0.3, -0.25) is 4.79 Å². The zero-order valence-corrected chi connectivity index (χ0v) is 13.3. The molecule has 0 spiro atoms. The van der Waals surface area contributed by atoms with Crippen molar-refractivity contribution in [1.82, 2.24) is 5.32 Å². The van der Waals surface area contributed by atoms with Crippen molar-refractivity contribution in [2.24, 2.45) is 0 Å². The molecule has 2 rings (SSSR count). The van der Waals surface area contributed by atoms with Gasteiger partial charge in [-0.2, -0.15) is 0 Å². The van der Waals surface area contributed by atoms with E-state index in [0.29, 0.717) is 12.3 Å².